The minimum Gasteiger partial charge on any atom is -0.496 e. The van der Waals surface area contributed by atoms with Gasteiger partial charge in [-0.05, 0) is 19.4 Å². The van der Waals surface area contributed by atoms with Gasteiger partial charge in [-0.1, -0.05) is 25.1 Å². The first-order valence-corrected chi connectivity index (χ1v) is 8.10. The summed E-state index contributed by atoms with van der Waals surface area (Å²) in [6, 6.07) is 7.44. The molecule has 2 aromatic rings. The van der Waals surface area contributed by atoms with Crippen molar-refractivity contribution >= 4 is 17.4 Å². The van der Waals surface area contributed by atoms with E-state index in [1.54, 1.807) is 18.4 Å². The first-order valence-electron chi connectivity index (χ1n) is 7.22. The lowest BCUT2D eigenvalue weighted by Crippen LogP contribution is -2.37. The standard InChI is InChI=1S/C16H21N3O2S/c1-4-13(12-7-5-6-8-14(12)21-3)19-16(20)17-9-15-18-11(2)10-22-15/h5-8,10,13H,4,9H2,1-3H3,(H2,17,19,20)/t13-/m0/s1. The van der Waals surface area contributed by atoms with Gasteiger partial charge in [-0.15, -0.1) is 11.3 Å². The molecule has 0 saturated heterocycles. The Hall–Kier alpha value is -2.08. The van der Waals surface area contributed by atoms with Crippen LogP contribution in [0.1, 0.15) is 35.7 Å². The summed E-state index contributed by atoms with van der Waals surface area (Å²) in [5, 5.41) is 8.69. The second kappa shape index (κ2) is 7.79. The zero-order valence-electron chi connectivity index (χ0n) is 13.1. The van der Waals surface area contributed by atoms with Crippen molar-refractivity contribution in [3.8, 4) is 5.75 Å². The Morgan fingerprint density at radius 1 is 1.41 bits per heavy atom. The lowest BCUT2D eigenvalue weighted by atomic mass is 10.0. The van der Waals surface area contributed by atoms with Crippen LogP contribution in [0.15, 0.2) is 29.6 Å². The average molecular weight is 319 g/mol. The van der Waals surface area contributed by atoms with Gasteiger partial charge in [0.1, 0.15) is 10.8 Å². The van der Waals surface area contributed by atoms with Crippen molar-refractivity contribution < 1.29 is 9.53 Å². The van der Waals surface area contributed by atoms with E-state index in [-0.39, 0.29) is 12.1 Å². The van der Waals surface area contributed by atoms with Crippen molar-refractivity contribution in [3.05, 3.63) is 45.9 Å². The number of ether oxygens (including phenoxy) is 1. The number of nitrogens with one attached hydrogen (secondary N) is 2. The third kappa shape index (κ3) is 4.21. The molecule has 0 aliphatic carbocycles. The van der Waals surface area contributed by atoms with Gasteiger partial charge in [0.05, 0.1) is 19.7 Å². The SMILES string of the molecule is CC[C@H](NC(=O)NCc1nc(C)cs1)c1ccccc1OC. The maximum absolute atomic E-state index is 12.1. The number of methoxy groups -OCH3 is 1. The molecule has 2 N–H and O–H groups in total. The van der Waals surface area contributed by atoms with Crippen molar-refractivity contribution in [1.82, 2.24) is 15.6 Å². The summed E-state index contributed by atoms with van der Waals surface area (Å²) in [6.45, 7) is 4.41. The molecule has 0 bridgehead atoms. The van der Waals surface area contributed by atoms with Crippen LogP contribution >= 0.6 is 11.3 Å². The van der Waals surface area contributed by atoms with Gasteiger partial charge in [-0.3, -0.25) is 0 Å². The number of nitrogens with zero attached hydrogens (tertiary/aromatic N) is 1. The number of carbonyl (C=O) groups excluding carboxylic acids is 1. The topological polar surface area (TPSA) is 63.2 Å². The van der Waals surface area contributed by atoms with Gasteiger partial charge in [0.25, 0.3) is 0 Å². The number of rotatable bonds is 6. The molecule has 0 saturated carbocycles. The highest BCUT2D eigenvalue weighted by atomic mass is 32.1. The van der Waals surface area contributed by atoms with Gasteiger partial charge in [0.15, 0.2) is 0 Å². The summed E-state index contributed by atoms with van der Waals surface area (Å²) < 4.78 is 5.36. The minimum atomic E-state index is -0.203. The molecule has 0 fully saturated rings. The lowest BCUT2D eigenvalue weighted by molar-refractivity contribution is 0.236. The summed E-state index contributed by atoms with van der Waals surface area (Å²) in [5.74, 6) is 0.783. The van der Waals surface area contributed by atoms with Gasteiger partial charge in [-0.25, -0.2) is 9.78 Å². The number of carbonyl (C=O) groups is 1. The highest BCUT2D eigenvalue weighted by molar-refractivity contribution is 7.09. The Bertz CT molecular complexity index is 627. The fourth-order valence-electron chi connectivity index (χ4n) is 2.20. The molecule has 1 heterocycles. The Morgan fingerprint density at radius 2 is 2.18 bits per heavy atom. The van der Waals surface area contributed by atoms with Gasteiger partial charge >= 0.3 is 6.03 Å². The highest BCUT2D eigenvalue weighted by Gasteiger charge is 2.16. The van der Waals surface area contributed by atoms with Crippen molar-refractivity contribution in [2.45, 2.75) is 32.9 Å². The third-order valence-electron chi connectivity index (χ3n) is 3.29. The van der Waals surface area contributed by atoms with Crippen LogP contribution in [-0.2, 0) is 6.54 Å². The monoisotopic (exact) mass is 319 g/mol. The van der Waals surface area contributed by atoms with E-state index in [1.165, 1.54) is 0 Å². The molecule has 1 aromatic carbocycles. The maximum Gasteiger partial charge on any atom is 0.315 e. The Kier molecular flexibility index (Phi) is 5.77. The van der Waals surface area contributed by atoms with Crippen LogP contribution < -0.4 is 15.4 Å². The highest BCUT2D eigenvalue weighted by Crippen LogP contribution is 2.26. The molecular weight excluding hydrogens is 298 g/mol. The van der Waals surface area contributed by atoms with E-state index < -0.39 is 0 Å². The lowest BCUT2D eigenvalue weighted by Gasteiger charge is -2.20. The smallest absolute Gasteiger partial charge is 0.315 e. The molecule has 0 spiro atoms. The molecule has 22 heavy (non-hydrogen) atoms. The molecule has 0 radical (unpaired) electrons. The zero-order valence-corrected chi connectivity index (χ0v) is 13.9. The maximum atomic E-state index is 12.1. The molecular formula is C16H21N3O2S. The van der Waals surface area contributed by atoms with Crippen molar-refractivity contribution in [3.63, 3.8) is 0 Å². The van der Waals surface area contributed by atoms with E-state index in [0.29, 0.717) is 6.54 Å². The fourth-order valence-corrected chi connectivity index (χ4v) is 2.91. The van der Waals surface area contributed by atoms with Crippen molar-refractivity contribution in [2.75, 3.05) is 7.11 Å². The minimum absolute atomic E-state index is 0.0887. The van der Waals surface area contributed by atoms with E-state index in [0.717, 1.165) is 28.4 Å². The molecule has 0 aliphatic rings. The van der Waals surface area contributed by atoms with Crippen molar-refractivity contribution in [2.24, 2.45) is 0 Å². The number of thiazole rings is 1. The van der Waals surface area contributed by atoms with E-state index >= 15 is 0 Å². The molecule has 6 heteroatoms. The van der Waals surface area contributed by atoms with Crippen molar-refractivity contribution in [1.29, 1.82) is 0 Å². The third-order valence-corrected chi connectivity index (χ3v) is 4.26. The number of hydrogen-bond acceptors (Lipinski definition) is 4. The summed E-state index contributed by atoms with van der Waals surface area (Å²) in [6.07, 6.45) is 0.782. The van der Waals surface area contributed by atoms with Gasteiger partial charge in [0.2, 0.25) is 0 Å². The summed E-state index contributed by atoms with van der Waals surface area (Å²) in [4.78, 5) is 16.4. The number of para-hydroxylation sites is 1. The molecule has 1 aromatic heterocycles. The van der Waals surface area contributed by atoms with Crippen LogP contribution in [0.2, 0.25) is 0 Å². The Balaban J connectivity index is 1.96. The van der Waals surface area contributed by atoms with E-state index in [2.05, 4.69) is 15.6 Å². The number of hydrogen-bond donors (Lipinski definition) is 2. The van der Waals surface area contributed by atoms with Gasteiger partial charge in [0, 0.05) is 16.6 Å². The van der Waals surface area contributed by atoms with E-state index in [4.69, 9.17) is 4.74 Å². The van der Waals surface area contributed by atoms with Crippen LogP contribution in [0.5, 0.6) is 5.75 Å². The number of aromatic nitrogens is 1. The van der Waals surface area contributed by atoms with Crippen LogP contribution in [0.4, 0.5) is 4.79 Å². The van der Waals surface area contributed by atoms with Crippen LogP contribution in [0.3, 0.4) is 0 Å². The molecule has 0 aliphatic heterocycles. The van der Waals surface area contributed by atoms with Gasteiger partial charge < -0.3 is 15.4 Å². The average Bonchev–Trinajstić information content (AvgIpc) is 2.96. The molecule has 5 nitrogen and oxygen atoms in total. The molecule has 1 atom stereocenters. The molecule has 2 amide bonds. The van der Waals surface area contributed by atoms with Crippen LogP contribution in [-0.4, -0.2) is 18.1 Å². The summed E-state index contributed by atoms with van der Waals surface area (Å²) >= 11 is 1.55. The first kappa shape index (κ1) is 16.3. The second-order valence-corrected chi connectivity index (χ2v) is 5.86. The summed E-state index contributed by atoms with van der Waals surface area (Å²) in [5.41, 5.74) is 1.95. The predicted octanol–water partition coefficient (Wildman–Crippen LogP) is 3.41. The predicted molar refractivity (Wildman–Crippen MR) is 88.2 cm³/mol. The van der Waals surface area contributed by atoms with E-state index in [9.17, 15) is 4.79 Å². The second-order valence-electron chi connectivity index (χ2n) is 4.91. The normalized spacial score (nSPS) is 11.8. The largest absolute Gasteiger partial charge is 0.496 e. The molecule has 118 valence electrons. The number of aryl methyl sites for hydroxylation is 1. The molecule has 2 rings (SSSR count). The number of benzene rings is 1. The van der Waals surface area contributed by atoms with E-state index in [1.807, 2.05) is 43.5 Å². The Labute approximate surface area is 134 Å². The first-order chi connectivity index (χ1) is 10.6. The number of urea groups is 1. The number of amides is 2. The van der Waals surface area contributed by atoms with Crippen LogP contribution in [0.25, 0.3) is 0 Å². The van der Waals surface area contributed by atoms with Crippen LogP contribution in [0, 0.1) is 6.92 Å². The molecule has 0 unspecified atom stereocenters. The van der Waals surface area contributed by atoms with Gasteiger partial charge in [-0.2, -0.15) is 0 Å². The summed E-state index contributed by atoms with van der Waals surface area (Å²) in [7, 11) is 1.64. The Morgan fingerprint density at radius 3 is 2.82 bits per heavy atom. The zero-order chi connectivity index (χ0) is 15.9. The fraction of sp³-hybridized carbons (Fsp3) is 0.375. The quantitative estimate of drug-likeness (QED) is 0.857.